The van der Waals surface area contributed by atoms with E-state index in [4.69, 9.17) is 4.74 Å². The maximum Gasteiger partial charge on any atom is 0.420 e. The van der Waals surface area contributed by atoms with E-state index in [0.717, 1.165) is 36.9 Å². The van der Waals surface area contributed by atoms with E-state index in [9.17, 15) is 18.0 Å². The topological polar surface area (TPSA) is 58.9 Å². The van der Waals surface area contributed by atoms with Gasteiger partial charge in [0.1, 0.15) is 17.1 Å². The Balaban J connectivity index is 1.49. The Kier molecular flexibility index (Phi) is 9.12. The molecule has 0 saturated carbocycles. The molecule has 2 heterocycles. The largest absolute Gasteiger partial charge is 0.493 e. The molecule has 0 atom stereocenters. The number of halogens is 3. The van der Waals surface area contributed by atoms with Crippen molar-refractivity contribution < 1.29 is 22.7 Å². The summed E-state index contributed by atoms with van der Waals surface area (Å²) in [7, 11) is 0. The zero-order chi connectivity index (χ0) is 28.7. The Hall–Kier alpha value is -4.29. The smallest absolute Gasteiger partial charge is 0.420 e. The highest BCUT2D eigenvalue weighted by Crippen LogP contribution is 2.38. The Labute approximate surface area is 231 Å². The molecule has 40 heavy (non-hydrogen) atoms. The number of alkyl halides is 3. The Morgan fingerprint density at radius 1 is 1.07 bits per heavy atom. The number of amides is 1. The van der Waals surface area contributed by atoms with Gasteiger partial charge in [-0.3, -0.25) is 9.20 Å². The summed E-state index contributed by atoms with van der Waals surface area (Å²) in [6.07, 6.45) is -0.501. The lowest BCUT2D eigenvalue weighted by atomic mass is 10.0. The average Bonchev–Trinajstić information content (AvgIpc) is 3.35. The van der Waals surface area contributed by atoms with Gasteiger partial charge in [0.2, 0.25) is 0 Å². The van der Waals surface area contributed by atoms with Crippen molar-refractivity contribution in [2.75, 3.05) is 31.6 Å². The van der Waals surface area contributed by atoms with Crippen LogP contribution in [0.2, 0.25) is 0 Å². The number of nitrogens with one attached hydrogen (secondary N) is 1. The highest BCUT2D eigenvalue weighted by atomic mass is 19.4. The first kappa shape index (κ1) is 28.7. The summed E-state index contributed by atoms with van der Waals surface area (Å²) in [4.78, 5) is 19.5. The summed E-state index contributed by atoms with van der Waals surface area (Å²) >= 11 is 0. The molecule has 4 rings (SSSR count). The van der Waals surface area contributed by atoms with E-state index in [1.54, 1.807) is 24.4 Å². The zero-order valence-electron chi connectivity index (χ0n) is 22.7. The van der Waals surface area contributed by atoms with Gasteiger partial charge in [0.25, 0.3) is 5.91 Å². The fourth-order valence-corrected chi connectivity index (χ4v) is 4.22. The maximum absolute atomic E-state index is 13.8. The molecule has 0 aliphatic heterocycles. The van der Waals surface area contributed by atoms with Crippen LogP contribution in [0, 0.1) is 18.8 Å². The Morgan fingerprint density at radius 3 is 2.62 bits per heavy atom. The number of ether oxygens (including phenoxy) is 1. The standard InChI is InChI=1S/C31H31F3N4O2/c1-4-37(5-2)16-8-18-40-28-15-13-25(20-27(28)31(32,33)34)36-30(39)24-11-10-22(3)23(19-24)12-14-26-21-35-29-9-6-7-17-38(26)29/h6-7,9-11,13,15,17,19-21H,4-5,8,16,18H2,1-3H3,(H,36,39). The third-order valence-electron chi connectivity index (χ3n) is 6.56. The van der Waals surface area contributed by atoms with Crippen LogP contribution in [-0.4, -0.2) is 46.4 Å². The number of aromatic nitrogens is 2. The molecular weight excluding hydrogens is 517 g/mol. The number of pyridine rings is 1. The molecule has 2 aromatic carbocycles. The van der Waals surface area contributed by atoms with Crippen LogP contribution in [0.4, 0.5) is 18.9 Å². The van der Waals surface area contributed by atoms with Crippen molar-refractivity contribution in [3.05, 3.63) is 94.9 Å². The average molecular weight is 549 g/mol. The van der Waals surface area contributed by atoms with Gasteiger partial charge in [-0.1, -0.05) is 31.9 Å². The van der Waals surface area contributed by atoms with Crippen molar-refractivity contribution >= 4 is 17.2 Å². The van der Waals surface area contributed by atoms with Crippen LogP contribution in [0.3, 0.4) is 0 Å². The minimum atomic E-state index is -4.64. The van der Waals surface area contributed by atoms with Gasteiger partial charge >= 0.3 is 6.18 Å². The number of anilines is 1. The van der Waals surface area contributed by atoms with E-state index in [-0.39, 0.29) is 23.6 Å². The van der Waals surface area contributed by atoms with E-state index in [1.807, 2.05) is 49.6 Å². The molecule has 208 valence electrons. The molecule has 1 N–H and O–H groups in total. The number of nitrogens with zero attached hydrogens (tertiary/aromatic N) is 3. The third-order valence-corrected chi connectivity index (χ3v) is 6.56. The SMILES string of the molecule is CCN(CC)CCCOc1ccc(NC(=O)c2ccc(C)c(C#Cc3cnc4ccccn34)c2)cc1C(F)(F)F. The van der Waals surface area contributed by atoms with Crippen molar-refractivity contribution in [2.24, 2.45) is 0 Å². The van der Waals surface area contributed by atoms with Gasteiger partial charge in [-0.05, 0) is 80.4 Å². The second-order valence-corrected chi connectivity index (χ2v) is 9.24. The van der Waals surface area contributed by atoms with E-state index in [1.165, 1.54) is 12.1 Å². The summed E-state index contributed by atoms with van der Waals surface area (Å²) in [6.45, 7) is 8.58. The van der Waals surface area contributed by atoms with Crippen molar-refractivity contribution in [1.29, 1.82) is 0 Å². The first-order chi connectivity index (χ1) is 19.2. The molecule has 0 spiro atoms. The molecule has 0 unspecified atom stereocenters. The second kappa shape index (κ2) is 12.7. The molecule has 0 aliphatic rings. The minimum absolute atomic E-state index is 0.0201. The molecule has 9 heteroatoms. The van der Waals surface area contributed by atoms with Gasteiger partial charge in [-0.25, -0.2) is 4.98 Å². The summed E-state index contributed by atoms with van der Waals surface area (Å²) in [6, 6.07) is 14.2. The quantitative estimate of drug-likeness (QED) is 0.194. The van der Waals surface area contributed by atoms with E-state index in [0.29, 0.717) is 17.7 Å². The van der Waals surface area contributed by atoms with Crippen LogP contribution < -0.4 is 10.1 Å². The lowest BCUT2D eigenvalue weighted by Gasteiger charge is -2.19. The first-order valence-corrected chi connectivity index (χ1v) is 13.1. The van der Waals surface area contributed by atoms with Crippen molar-refractivity contribution in [3.8, 4) is 17.6 Å². The van der Waals surface area contributed by atoms with Crippen LogP contribution in [0.25, 0.3) is 5.65 Å². The number of carbonyl (C=O) groups excluding carboxylic acids is 1. The molecule has 4 aromatic rings. The molecule has 1 amide bonds. The van der Waals surface area contributed by atoms with E-state index in [2.05, 4.69) is 27.0 Å². The second-order valence-electron chi connectivity index (χ2n) is 9.24. The van der Waals surface area contributed by atoms with Gasteiger partial charge in [0, 0.05) is 29.6 Å². The van der Waals surface area contributed by atoms with E-state index >= 15 is 0 Å². The lowest BCUT2D eigenvalue weighted by Crippen LogP contribution is -2.25. The monoisotopic (exact) mass is 548 g/mol. The third kappa shape index (κ3) is 7.01. The number of hydrogen-bond acceptors (Lipinski definition) is 4. The molecule has 0 saturated heterocycles. The number of benzene rings is 2. The van der Waals surface area contributed by atoms with Crippen LogP contribution in [0.5, 0.6) is 5.75 Å². The molecule has 2 aromatic heterocycles. The number of carbonyl (C=O) groups is 1. The van der Waals surface area contributed by atoms with Crippen molar-refractivity contribution in [2.45, 2.75) is 33.4 Å². The van der Waals surface area contributed by atoms with Crippen LogP contribution in [0.1, 0.15) is 53.0 Å². The fourth-order valence-electron chi connectivity index (χ4n) is 4.22. The molecule has 0 bridgehead atoms. The number of fused-ring (bicyclic) bond motifs is 1. The molecule has 0 radical (unpaired) electrons. The van der Waals surface area contributed by atoms with E-state index < -0.39 is 17.6 Å². The highest BCUT2D eigenvalue weighted by molar-refractivity contribution is 6.04. The molecule has 0 fully saturated rings. The lowest BCUT2D eigenvalue weighted by molar-refractivity contribution is -0.138. The normalized spacial score (nSPS) is 11.4. The maximum atomic E-state index is 13.8. The predicted octanol–water partition coefficient (Wildman–Crippen LogP) is 6.42. The first-order valence-electron chi connectivity index (χ1n) is 13.1. The number of imidazole rings is 1. The van der Waals surface area contributed by atoms with Crippen LogP contribution in [0.15, 0.2) is 67.0 Å². The summed E-state index contributed by atoms with van der Waals surface area (Å²) < 4.78 is 48.8. The summed E-state index contributed by atoms with van der Waals surface area (Å²) in [5.41, 5.74) is 2.32. The zero-order valence-corrected chi connectivity index (χ0v) is 22.7. The van der Waals surface area contributed by atoms with Gasteiger partial charge in [0.05, 0.1) is 18.4 Å². The van der Waals surface area contributed by atoms with Crippen LogP contribution >= 0.6 is 0 Å². The molecule has 6 nitrogen and oxygen atoms in total. The van der Waals surface area contributed by atoms with Crippen molar-refractivity contribution in [3.63, 3.8) is 0 Å². The minimum Gasteiger partial charge on any atom is -0.493 e. The molecular formula is C31H31F3N4O2. The van der Waals surface area contributed by atoms with Gasteiger partial charge in [0.15, 0.2) is 0 Å². The number of aryl methyl sites for hydroxylation is 1. The molecule has 0 aliphatic carbocycles. The fraction of sp³-hybridized carbons (Fsp3) is 0.290. The summed E-state index contributed by atoms with van der Waals surface area (Å²) in [5.74, 6) is 5.36. The van der Waals surface area contributed by atoms with Gasteiger partial charge in [-0.2, -0.15) is 13.2 Å². The Bertz CT molecular complexity index is 1550. The van der Waals surface area contributed by atoms with Crippen LogP contribution in [-0.2, 0) is 6.18 Å². The van der Waals surface area contributed by atoms with Gasteiger partial charge in [-0.15, -0.1) is 0 Å². The number of rotatable bonds is 9. The number of hydrogen-bond donors (Lipinski definition) is 1. The Morgan fingerprint density at radius 2 is 1.88 bits per heavy atom. The van der Waals surface area contributed by atoms with Crippen molar-refractivity contribution in [1.82, 2.24) is 14.3 Å². The highest BCUT2D eigenvalue weighted by Gasteiger charge is 2.35. The predicted molar refractivity (Wildman–Crippen MR) is 150 cm³/mol. The summed E-state index contributed by atoms with van der Waals surface area (Å²) in [5, 5.41) is 2.57. The van der Waals surface area contributed by atoms with Gasteiger partial charge < -0.3 is 15.0 Å².